The number of hydrogen-bond donors (Lipinski definition) is 2. The predicted octanol–water partition coefficient (Wildman–Crippen LogP) is 1.09. The Bertz CT molecular complexity index is 802. The van der Waals surface area contributed by atoms with Crippen molar-refractivity contribution in [3.63, 3.8) is 0 Å². The predicted molar refractivity (Wildman–Crippen MR) is 88.1 cm³/mol. The Hall–Kier alpha value is -2.90. The topological polar surface area (TPSA) is 108 Å². The fourth-order valence-electron chi connectivity index (χ4n) is 2.92. The summed E-state index contributed by atoms with van der Waals surface area (Å²) < 4.78 is 5.62. The number of aryl methyl sites for hydroxylation is 2. The number of hydrogen-bond acceptors (Lipinski definition) is 5. The van der Waals surface area contributed by atoms with E-state index in [1.54, 1.807) is 6.07 Å². The summed E-state index contributed by atoms with van der Waals surface area (Å²) in [5.41, 5.74) is 3.10. The van der Waals surface area contributed by atoms with Crippen LogP contribution < -0.4 is 4.74 Å². The third-order valence-electron chi connectivity index (χ3n) is 4.26. The van der Waals surface area contributed by atoms with E-state index < -0.39 is 12.0 Å². The highest BCUT2D eigenvalue weighted by atomic mass is 16.5. The number of carboxylic acids is 1. The average Bonchev–Trinajstić information content (AvgIpc) is 3.06. The second-order valence-corrected chi connectivity index (χ2v) is 5.95. The summed E-state index contributed by atoms with van der Waals surface area (Å²) in [5, 5.41) is 9.44. The quantitative estimate of drug-likeness (QED) is 0.840. The van der Waals surface area contributed by atoms with Crippen LogP contribution in [0.25, 0.3) is 0 Å². The molecule has 0 bridgehead atoms. The Kier molecular flexibility index (Phi) is 4.69. The second-order valence-electron chi connectivity index (χ2n) is 5.95. The van der Waals surface area contributed by atoms with E-state index in [1.807, 2.05) is 19.9 Å². The molecule has 2 N–H and O–H groups in total. The van der Waals surface area contributed by atoms with Gasteiger partial charge in [-0.1, -0.05) is 6.92 Å². The number of carboxylic acid groups (broad SMARTS) is 1. The van der Waals surface area contributed by atoms with Crippen LogP contribution in [0.2, 0.25) is 0 Å². The largest absolute Gasteiger partial charge is 0.482 e. The van der Waals surface area contributed by atoms with Crippen molar-refractivity contribution in [2.24, 2.45) is 0 Å². The number of carbonyl (C=O) groups excluding carboxylic acids is 1. The van der Waals surface area contributed by atoms with Gasteiger partial charge in [-0.05, 0) is 25.5 Å². The highest BCUT2D eigenvalue weighted by Gasteiger charge is 2.36. The van der Waals surface area contributed by atoms with E-state index in [2.05, 4.69) is 15.0 Å². The molecule has 2 aromatic rings. The molecule has 2 aromatic heterocycles. The van der Waals surface area contributed by atoms with Gasteiger partial charge in [-0.15, -0.1) is 0 Å². The smallest absolute Gasteiger partial charge is 0.326 e. The number of fused-ring (bicyclic) bond motifs is 1. The van der Waals surface area contributed by atoms with Gasteiger partial charge in [0.05, 0.1) is 30.0 Å². The number of H-pyrrole nitrogens is 1. The maximum atomic E-state index is 12.6. The molecule has 0 spiro atoms. The van der Waals surface area contributed by atoms with Crippen molar-refractivity contribution < 1.29 is 19.4 Å². The first kappa shape index (κ1) is 16.9. The molecule has 0 saturated carbocycles. The molecule has 0 fully saturated rings. The maximum Gasteiger partial charge on any atom is 0.326 e. The maximum absolute atomic E-state index is 12.6. The van der Waals surface area contributed by atoms with Crippen LogP contribution in [0, 0.1) is 6.92 Å². The molecule has 8 nitrogen and oxygen atoms in total. The molecule has 0 saturated heterocycles. The summed E-state index contributed by atoms with van der Waals surface area (Å²) in [4.78, 5) is 36.9. The number of aromatic nitrogens is 3. The van der Waals surface area contributed by atoms with Gasteiger partial charge in [-0.3, -0.25) is 9.78 Å². The number of carbonyl (C=O) groups is 2. The standard InChI is InChI=1S/C17H20N4O4/c1-3-11-15(5-4-10(2)20-11)25-8-16(22)21-7-13-12(18-9-19-13)6-14(21)17(23)24/h4-5,9,14H,3,6-8H2,1-2H3,(H,18,19)(H,23,24). The first-order valence-corrected chi connectivity index (χ1v) is 8.12. The minimum atomic E-state index is -1.05. The lowest BCUT2D eigenvalue weighted by Gasteiger charge is -2.32. The van der Waals surface area contributed by atoms with Gasteiger partial charge in [0.1, 0.15) is 11.8 Å². The molecule has 8 heteroatoms. The number of ether oxygens (including phenoxy) is 1. The van der Waals surface area contributed by atoms with Crippen molar-refractivity contribution in [3.8, 4) is 5.75 Å². The van der Waals surface area contributed by atoms with E-state index >= 15 is 0 Å². The molecule has 1 atom stereocenters. The van der Waals surface area contributed by atoms with Crippen LogP contribution in [0.3, 0.4) is 0 Å². The van der Waals surface area contributed by atoms with Gasteiger partial charge in [0.25, 0.3) is 5.91 Å². The summed E-state index contributed by atoms with van der Waals surface area (Å²) >= 11 is 0. The van der Waals surface area contributed by atoms with Gasteiger partial charge in [0, 0.05) is 12.1 Å². The zero-order valence-corrected chi connectivity index (χ0v) is 14.2. The van der Waals surface area contributed by atoms with E-state index in [-0.39, 0.29) is 25.5 Å². The fourth-order valence-corrected chi connectivity index (χ4v) is 2.92. The van der Waals surface area contributed by atoms with Crippen molar-refractivity contribution in [3.05, 3.63) is 41.2 Å². The summed E-state index contributed by atoms with van der Waals surface area (Å²) in [6, 6.07) is 2.66. The number of imidazole rings is 1. The molecule has 0 radical (unpaired) electrons. The number of amides is 1. The van der Waals surface area contributed by atoms with E-state index in [0.29, 0.717) is 17.9 Å². The molecule has 1 unspecified atom stereocenters. The Morgan fingerprint density at radius 2 is 2.24 bits per heavy atom. The fraction of sp³-hybridized carbons (Fsp3) is 0.412. The number of pyridine rings is 1. The van der Waals surface area contributed by atoms with Crippen LogP contribution in [-0.2, 0) is 29.0 Å². The zero-order chi connectivity index (χ0) is 18.0. The van der Waals surface area contributed by atoms with Crippen LogP contribution in [0.15, 0.2) is 18.5 Å². The van der Waals surface area contributed by atoms with Crippen LogP contribution in [0.1, 0.15) is 29.7 Å². The summed E-state index contributed by atoms with van der Waals surface area (Å²) in [6.45, 7) is 3.80. The summed E-state index contributed by atoms with van der Waals surface area (Å²) in [7, 11) is 0. The molecular formula is C17H20N4O4. The Morgan fingerprint density at radius 1 is 1.44 bits per heavy atom. The molecule has 132 valence electrons. The lowest BCUT2D eigenvalue weighted by molar-refractivity contribution is -0.152. The second kappa shape index (κ2) is 6.92. The van der Waals surface area contributed by atoms with Gasteiger partial charge in [0.2, 0.25) is 0 Å². The van der Waals surface area contributed by atoms with Crippen molar-refractivity contribution in [2.45, 2.75) is 39.3 Å². The normalized spacial score (nSPS) is 16.4. The molecule has 0 aromatic carbocycles. The van der Waals surface area contributed by atoms with E-state index in [9.17, 15) is 14.7 Å². The van der Waals surface area contributed by atoms with Crippen LogP contribution in [0.4, 0.5) is 0 Å². The number of nitrogens with one attached hydrogen (secondary N) is 1. The van der Waals surface area contributed by atoms with Crippen LogP contribution in [-0.4, -0.2) is 49.5 Å². The van der Waals surface area contributed by atoms with E-state index in [1.165, 1.54) is 11.2 Å². The van der Waals surface area contributed by atoms with Crippen molar-refractivity contribution in [1.82, 2.24) is 19.9 Å². The molecule has 1 amide bonds. The third kappa shape index (κ3) is 3.47. The van der Waals surface area contributed by atoms with Gasteiger partial charge in [-0.2, -0.15) is 0 Å². The Labute approximate surface area is 144 Å². The Balaban J connectivity index is 1.73. The monoisotopic (exact) mass is 344 g/mol. The van der Waals surface area contributed by atoms with E-state index in [4.69, 9.17) is 4.74 Å². The van der Waals surface area contributed by atoms with Gasteiger partial charge >= 0.3 is 5.97 Å². The van der Waals surface area contributed by atoms with Gasteiger partial charge in [-0.25, -0.2) is 9.78 Å². The van der Waals surface area contributed by atoms with Crippen molar-refractivity contribution >= 4 is 11.9 Å². The lowest BCUT2D eigenvalue weighted by Crippen LogP contribution is -2.50. The summed E-state index contributed by atoms with van der Waals surface area (Å²) in [6.07, 6.45) is 2.38. The minimum absolute atomic E-state index is 0.182. The number of aliphatic carboxylic acids is 1. The number of rotatable bonds is 5. The molecule has 3 rings (SSSR count). The SMILES string of the molecule is CCc1nc(C)ccc1OCC(=O)N1Cc2[nH]cnc2CC1C(=O)O. The molecule has 25 heavy (non-hydrogen) atoms. The third-order valence-corrected chi connectivity index (χ3v) is 4.26. The molecule has 0 aliphatic carbocycles. The number of aromatic amines is 1. The van der Waals surface area contributed by atoms with E-state index in [0.717, 1.165) is 17.1 Å². The molecular weight excluding hydrogens is 324 g/mol. The molecule has 3 heterocycles. The lowest BCUT2D eigenvalue weighted by atomic mass is 10.0. The van der Waals surface area contributed by atoms with Crippen molar-refractivity contribution in [1.29, 1.82) is 0 Å². The van der Waals surface area contributed by atoms with Crippen LogP contribution >= 0.6 is 0 Å². The molecule has 1 aliphatic heterocycles. The minimum Gasteiger partial charge on any atom is -0.482 e. The highest BCUT2D eigenvalue weighted by Crippen LogP contribution is 2.22. The number of nitrogens with zero attached hydrogens (tertiary/aromatic N) is 3. The molecule has 1 aliphatic rings. The Morgan fingerprint density at radius 3 is 2.96 bits per heavy atom. The average molecular weight is 344 g/mol. The highest BCUT2D eigenvalue weighted by molar-refractivity contribution is 5.85. The first-order chi connectivity index (χ1) is 12.0. The van der Waals surface area contributed by atoms with Gasteiger partial charge in [0.15, 0.2) is 6.61 Å². The first-order valence-electron chi connectivity index (χ1n) is 8.12. The zero-order valence-electron chi connectivity index (χ0n) is 14.2. The van der Waals surface area contributed by atoms with Crippen molar-refractivity contribution in [2.75, 3.05) is 6.61 Å². The van der Waals surface area contributed by atoms with Crippen LogP contribution in [0.5, 0.6) is 5.75 Å². The summed E-state index contributed by atoms with van der Waals surface area (Å²) in [5.74, 6) is -0.879. The van der Waals surface area contributed by atoms with Gasteiger partial charge < -0.3 is 19.7 Å².